The van der Waals surface area contributed by atoms with Crippen LogP contribution >= 0.6 is 11.6 Å². The van der Waals surface area contributed by atoms with Gasteiger partial charge in [0.05, 0.1) is 6.20 Å². The van der Waals surface area contributed by atoms with Crippen LogP contribution in [0.5, 0.6) is 0 Å². The molecule has 1 heterocycles. The van der Waals surface area contributed by atoms with E-state index in [4.69, 9.17) is 11.6 Å². The van der Waals surface area contributed by atoms with E-state index in [1.54, 1.807) is 22.9 Å². The normalized spacial score (nSPS) is 10.4. The van der Waals surface area contributed by atoms with Crippen LogP contribution < -0.4 is 4.90 Å². The van der Waals surface area contributed by atoms with Crippen molar-refractivity contribution in [3.63, 3.8) is 0 Å². The minimum atomic E-state index is 0.619. The Bertz CT molecular complexity index is 565. The Morgan fingerprint density at radius 2 is 2.28 bits per heavy atom. The van der Waals surface area contributed by atoms with Crippen LogP contribution in [0, 0.1) is 0 Å². The molecule has 0 aliphatic heterocycles. The first kappa shape index (κ1) is 12.6. The van der Waals surface area contributed by atoms with E-state index in [2.05, 4.69) is 5.10 Å². The average molecular weight is 264 g/mol. The van der Waals surface area contributed by atoms with Gasteiger partial charge in [-0.15, -0.1) is 0 Å². The van der Waals surface area contributed by atoms with Crippen molar-refractivity contribution in [2.45, 2.75) is 6.54 Å². The van der Waals surface area contributed by atoms with Crippen molar-refractivity contribution in [1.29, 1.82) is 0 Å². The second-order valence-electron chi connectivity index (χ2n) is 4.20. The van der Waals surface area contributed by atoms with E-state index in [1.807, 2.05) is 31.4 Å². The summed E-state index contributed by atoms with van der Waals surface area (Å²) in [5, 5.41) is 4.74. The third-order valence-electron chi connectivity index (χ3n) is 2.71. The van der Waals surface area contributed by atoms with Crippen LogP contribution in [0.3, 0.4) is 0 Å². The van der Waals surface area contributed by atoms with Gasteiger partial charge < -0.3 is 4.90 Å². The fourth-order valence-corrected chi connectivity index (χ4v) is 2.03. The summed E-state index contributed by atoms with van der Waals surface area (Å²) < 4.78 is 1.75. The van der Waals surface area contributed by atoms with E-state index in [9.17, 15) is 4.79 Å². The van der Waals surface area contributed by atoms with E-state index in [1.165, 1.54) is 0 Å². The molecule has 1 aromatic heterocycles. The Hall–Kier alpha value is -1.81. The zero-order valence-electron chi connectivity index (χ0n) is 10.3. The van der Waals surface area contributed by atoms with Gasteiger partial charge in [-0.05, 0) is 18.2 Å². The molecule has 0 N–H and O–H groups in total. The van der Waals surface area contributed by atoms with E-state index in [-0.39, 0.29) is 0 Å². The van der Waals surface area contributed by atoms with E-state index >= 15 is 0 Å². The highest BCUT2D eigenvalue weighted by atomic mass is 35.5. The number of nitrogens with zero attached hydrogens (tertiary/aromatic N) is 3. The summed E-state index contributed by atoms with van der Waals surface area (Å²) in [6.07, 6.45) is 4.59. The zero-order valence-corrected chi connectivity index (χ0v) is 11.1. The van der Waals surface area contributed by atoms with Gasteiger partial charge in [-0.3, -0.25) is 9.48 Å². The number of aryl methyl sites for hydroxylation is 1. The number of aromatic nitrogens is 2. The monoisotopic (exact) mass is 263 g/mol. The maximum absolute atomic E-state index is 11.0. The average Bonchev–Trinajstić information content (AvgIpc) is 2.74. The molecular formula is C13H14ClN3O. The Balaban J connectivity index is 2.25. The second kappa shape index (κ2) is 5.23. The van der Waals surface area contributed by atoms with Crippen LogP contribution in [-0.2, 0) is 13.6 Å². The second-order valence-corrected chi connectivity index (χ2v) is 4.64. The van der Waals surface area contributed by atoms with E-state index < -0.39 is 0 Å². The molecule has 1 aromatic carbocycles. The molecule has 94 valence electrons. The van der Waals surface area contributed by atoms with Crippen LogP contribution in [0.2, 0.25) is 5.02 Å². The van der Waals surface area contributed by atoms with Gasteiger partial charge in [0.25, 0.3) is 0 Å². The van der Waals surface area contributed by atoms with Gasteiger partial charge >= 0.3 is 0 Å². The Labute approximate surface area is 111 Å². The lowest BCUT2D eigenvalue weighted by atomic mass is 10.1. The Morgan fingerprint density at radius 1 is 1.50 bits per heavy atom. The van der Waals surface area contributed by atoms with Gasteiger partial charge in [-0.2, -0.15) is 5.10 Å². The number of rotatable bonds is 4. The molecule has 0 bridgehead atoms. The van der Waals surface area contributed by atoms with Gasteiger partial charge in [0.2, 0.25) is 0 Å². The summed E-state index contributed by atoms with van der Waals surface area (Å²) in [5.41, 5.74) is 2.53. The Kier molecular flexibility index (Phi) is 3.67. The maximum atomic E-state index is 11.0. The summed E-state index contributed by atoms with van der Waals surface area (Å²) in [4.78, 5) is 13.0. The summed E-state index contributed by atoms with van der Waals surface area (Å²) in [7, 11) is 3.80. The quantitative estimate of drug-likeness (QED) is 0.796. The van der Waals surface area contributed by atoms with Crippen LogP contribution in [-0.4, -0.2) is 23.1 Å². The lowest BCUT2D eigenvalue weighted by Gasteiger charge is -2.20. The van der Waals surface area contributed by atoms with Crippen molar-refractivity contribution in [3.8, 4) is 0 Å². The smallest absolute Gasteiger partial charge is 0.152 e. The third-order valence-corrected chi connectivity index (χ3v) is 2.94. The topological polar surface area (TPSA) is 38.1 Å². The van der Waals surface area contributed by atoms with Crippen molar-refractivity contribution in [2.24, 2.45) is 7.05 Å². The number of carbonyl (C=O) groups is 1. The Morgan fingerprint density at radius 3 is 2.89 bits per heavy atom. The molecule has 2 rings (SSSR count). The largest absolute Gasteiger partial charge is 0.370 e. The molecule has 0 spiro atoms. The lowest BCUT2D eigenvalue weighted by molar-refractivity contribution is 0.112. The summed E-state index contributed by atoms with van der Waals surface area (Å²) in [5.74, 6) is 0. The fourth-order valence-electron chi connectivity index (χ4n) is 1.86. The van der Waals surface area contributed by atoms with Crippen LogP contribution in [0.25, 0.3) is 0 Å². The summed E-state index contributed by atoms with van der Waals surface area (Å²) in [6, 6.07) is 5.23. The molecule has 0 saturated carbocycles. The summed E-state index contributed by atoms with van der Waals surface area (Å²) in [6.45, 7) is 0.676. The van der Waals surface area contributed by atoms with E-state index in [0.717, 1.165) is 17.5 Å². The molecule has 18 heavy (non-hydrogen) atoms. The van der Waals surface area contributed by atoms with Crippen molar-refractivity contribution >= 4 is 23.6 Å². The standard InChI is InChI=1S/C13H14ClN3O/c1-16(7-10-6-15-17(2)8-10)13-5-12(14)4-3-11(13)9-18/h3-6,8-9H,7H2,1-2H3. The molecule has 2 aromatic rings. The SMILES string of the molecule is CN(Cc1cnn(C)c1)c1cc(Cl)ccc1C=O. The minimum absolute atomic E-state index is 0.619. The predicted octanol–water partition coefficient (Wildman–Crippen LogP) is 2.52. The van der Waals surface area contributed by atoms with Crippen molar-refractivity contribution in [3.05, 3.63) is 46.7 Å². The molecule has 0 aliphatic carbocycles. The number of anilines is 1. The number of hydrogen-bond donors (Lipinski definition) is 0. The number of carbonyl (C=O) groups excluding carboxylic acids is 1. The maximum Gasteiger partial charge on any atom is 0.152 e. The van der Waals surface area contributed by atoms with Crippen LogP contribution in [0.1, 0.15) is 15.9 Å². The molecule has 0 unspecified atom stereocenters. The molecule has 4 nitrogen and oxygen atoms in total. The molecule has 0 fully saturated rings. The third kappa shape index (κ3) is 2.71. The highest BCUT2D eigenvalue weighted by Gasteiger charge is 2.09. The highest BCUT2D eigenvalue weighted by Crippen LogP contribution is 2.24. The van der Waals surface area contributed by atoms with Gasteiger partial charge in [0.1, 0.15) is 0 Å². The first-order valence-electron chi connectivity index (χ1n) is 5.53. The number of hydrogen-bond acceptors (Lipinski definition) is 3. The molecule has 0 amide bonds. The van der Waals surface area contributed by atoms with E-state index in [0.29, 0.717) is 17.1 Å². The molecule has 0 saturated heterocycles. The molecule has 0 atom stereocenters. The number of aldehydes is 1. The predicted molar refractivity (Wildman–Crippen MR) is 72.2 cm³/mol. The molecule has 5 heteroatoms. The van der Waals surface area contributed by atoms with Crippen molar-refractivity contribution in [1.82, 2.24) is 9.78 Å². The molecule has 0 aliphatic rings. The first-order valence-corrected chi connectivity index (χ1v) is 5.91. The van der Waals surface area contributed by atoms with Crippen molar-refractivity contribution < 1.29 is 4.79 Å². The lowest BCUT2D eigenvalue weighted by Crippen LogP contribution is -2.17. The van der Waals surface area contributed by atoms with Gasteiger partial charge in [-0.25, -0.2) is 0 Å². The van der Waals surface area contributed by atoms with Gasteiger partial charge in [0, 0.05) is 48.7 Å². The summed E-state index contributed by atoms with van der Waals surface area (Å²) >= 11 is 5.97. The molecule has 0 radical (unpaired) electrons. The highest BCUT2D eigenvalue weighted by molar-refractivity contribution is 6.31. The number of benzene rings is 1. The first-order chi connectivity index (χ1) is 8.60. The minimum Gasteiger partial charge on any atom is -0.370 e. The zero-order chi connectivity index (χ0) is 13.1. The molecular weight excluding hydrogens is 250 g/mol. The van der Waals surface area contributed by atoms with Crippen molar-refractivity contribution in [2.75, 3.05) is 11.9 Å². The fraction of sp³-hybridized carbons (Fsp3) is 0.231. The number of halogens is 1. The van der Waals surface area contributed by atoms with Crippen LogP contribution in [0.4, 0.5) is 5.69 Å². The van der Waals surface area contributed by atoms with Gasteiger partial charge in [-0.1, -0.05) is 11.6 Å². The van der Waals surface area contributed by atoms with Gasteiger partial charge in [0.15, 0.2) is 6.29 Å². The van der Waals surface area contributed by atoms with Crippen LogP contribution in [0.15, 0.2) is 30.6 Å².